The number of carbonyl (C=O) groups is 1. The Kier molecular flexibility index (Phi) is 3.98. The standard InChI is InChI=1S/C15H14Br2N2O/c16-12-4-2-1-3-10(12)8-15(20)19-6-5-13-11(9-19)7-14(17)18-13/h1-4,7,18H,5-6,8-9H2. The van der Waals surface area contributed by atoms with Gasteiger partial charge in [-0.1, -0.05) is 34.1 Å². The number of amides is 1. The molecule has 2 heterocycles. The lowest BCUT2D eigenvalue weighted by Gasteiger charge is -2.27. The van der Waals surface area contributed by atoms with E-state index in [2.05, 4.69) is 42.9 Å². The minimum absolute atomic E-state index is 0.180. The fraction of sp³-hybridized carbons (Fsp3) is 0.267. The molecule has 104 valence electrons. The third-order valence-electron chi connectivity index (χ3n) is 3.60. The largest absolute Gasteiger partial charge is 0.353 e. The third-order valence-corrected chi connectivity index (χ3v) is 4.80. The molecule has 1 aliphatic heterocycles. The Morgan fingerprint density at radius 3 is 2.90 bits per heavy atom. The zero-order chi connectivity index (χ0) is 14.1. The highest BCUT2D eigenvalue weighted by Gasteiger charge is 2.22. The smallest absolute Gasteiger partial charge is 0.227 e. The lowest BCUT2D eigenvalue weighted by atomic mass is 10.1. The van der Waals surface area contributed by atoms with Crippen LogP contribution in [0.3, 0.4) is 0 Å². The summed E-state index contributed by atoms with van der Waals surface area (Å²) >= 11 is 6.94. The molecule has 1 N–H and O–H groups in total. The number of fused-ring (bicyclic) bond motifs is 1. The molecule has 1 aromatic carbocycles. The van der Waals surface area contributed by atoms with Crippen molar-refractivity contribution in [2.75, 3.05) is 6.54 Å². The predicted molar refractivity (Wildman–Crippen MR) is 85.5 cm³/mol. The molecular weight excluding hydrogens is 384 g/mol. The van der Waals surface area contributed by atoms with Gasteiger partial charge in [-0.15, -0.1) is 0 Å². The average Bonchev–Trinajstić information content (AvgIpc) is 2.80. The molecule has 0 bridgehead atoms. The van der Waals surface area contributed by atoms with Crippen LogP contribution in [0.1, 0.15) is 16.8 Å². The molecule has 0 radical (unpaired) electrons. The number of aromatic amines is 1. The summed E-state index contributed by atoms with van der Waals surface area (Å²) in [6, 6.07) is 9.95. The SMILES string of the molecule is O=C(Cc1ccccc1Br)N1CCc2[nH]c(Br)cc2C1. The topological polar surface area (TPSA) is 36.1 Å². The lowest BCUT2D eigenvalue weighted by Crippen LogP contribution is -2.36. The molecule has 5 heteroatoms. The number of nitrogens with one attached hydrogen (secondary N) is 1. The first-order valence-corrected chi connectivity index (χ1v) is 8.09. The van der Waals surface area contributed by atoms with Crippen LogP contribution in [0.2, 0.25) is 0 Å². The van der Waals surface area contributed by atoms with Gasteiger partial charge >= 0.3 is 0 Å². The van der Waals surface area contributed by atoms with Crippen LogP contribution in [0.25, 0.3) is 0 Å². The van der Waals surface area contributed by atoms with Gasteiger partial charge in [-0.3, -0.25) is 4.79 Å². The Morgan fingerprint density at radius 1 is 1.30 bits per heavy atom. The highest BCUT2D eigenvalue weighted by Crippen LogP contribution is 2.24. The maximum atomic E-state index is 12.4. The van der Waals surface area contributed by atoms with Gasteiger partial charge in [0.1, 0.15) is 0 Å². The molecule has 1 aromatic heterocycles. The van der Waals surface area contributed by atoms with Crippen molar-refractivity contribution in [3.05, 3.63) is 56.2 Å². The third kappa shape index (κ3) is 2.83. The monoisotopic (exact) mass is 396 g/mol. The summed E-state index contributed by atoms with van der Waals surface area (Å²) in [5.41, 5.74) is 3.49. The van der Waals surface area contributed by atoms with Crippen LogP contribution in [0.15, 0.2) is 39.4 Å². The number of H-pyrrole nitrogens is 1. The van der Waals surface area contributed by atoms with Crippen molar-refractivity contribution >= 4 is 37.8 Å². The summed E-state index contributed by atoms with van der Waals surface area (Å²) in [5.74, 6) is 0.180. The van der Waals surface area contributed by atoms with E-state index < -0.39 is 0 Å². The van der Waals surface area contributed by atoms with E-state index in [1.54, 1.807) is 0 Å². The highest BCUT2D eigenvalue weighted by atomic mass is 79.9. The predicted octanol–water partition coefficient (Wildman–Crippen LogP) is 3.67. The van der Waals surface area contributed by atoms with E-state index in [4.69, 9.17) is 0 Å². The van der Waals surface area contributed by atoms with Crippen molar-refractivity contribution in [1.29, 1.82) is 0 Å². The number of nitrogens with zero attached hydrogens (tertiary/aromatic N) is 1. The van der Waals surface area contributed by atoms with Crippen LogP contribution >= 0.6 is 31.9 Å². The summed E-state index contributed by atoms with van der Waals surface area (Å²) in [6.07, 6.45) is 1.34. The van der Waals surface area contributed by atoms with E-state index in [1.807, 2.05) is 29.2 Å². The molecular formula is C15H14Br2N2O. The van der Waals surface area contributed by atoms with Crippen molar-refractivity contribution in [3.63, 3.8) is 0 Å². The van der Waals surface area contributed by atoms with Gasteiger partial charge in [0, 0.05) is 29.7 Å². The van der Waals surface area contributed by atoms with Gasteiger partial charge in [0.15, 0.2) is 0 Å². The zero-order valence-corrected chi connectivity index (χ0v) is 14.0. The first-order chi connectivity index (χ1) is 9.63. The van der Waals surface area contributed by atoms with Crippen molar-refractivity contribution in [2.24, 2.45) is 0 Å². The molecule has 1 aliphatic rings. The lowest BCUT2D eigenvalue weighted by molar-refractivity contribution is -0.131. The number of halogens is 2. The molecule has 0 fully saturated rings. The van der Waals surface area contributed by atoms with E-state index in [0.29, 0.717) is 13.0 Å². The second-order valence-corrected chi connectivity index (χ2v) is 6.66. The highest BCUT2D eigenvalue weighted by molar-refractivity contribution is 9.10. The van der Waals surface area contributed by atoms with Crippen LogP contribution in [0, 0.1) is 0 Å². The minimum Gasteiger partial charge on any atom is -0.353 e. The number of hydrogen-bond acceptors (Lipinski definition) is 1. The zero-order valence-electron chi connectivity index (χ0n) is 10.8. The number of benzene rings is 1. The maximum Gasteiger partial charge on any atom is 0.227 e. The Morgan fingerprint density at radius 2 is 2.10 bits per heavy atom. The molecule has 3 rings (SSSR count). The van der Waals surface area contributed by atoms with Crippen LogP contribution in [0.5, 0.6) is 0 Å². The van der Waals surface area contributed by atoms with Gasteiger partial charge in [0.25, 0.3) is 0 Å². The van der Waals surface area contributed by atoms with E-state index >= 15 is 0 Å². The van der Waals surface area contributed by atoms with Gasteiger partial charge in [0.05, 0.1) is 11.0 Å². The number of rotatable bonds is 2. The first-order valence-electron chi connectivity index (χ1n) is 6.51. The summed E-state index contributed by atoms with van der Waals surface area (Å²) < 4.78 is 1.98. The summed E-state index contributed by atoms with van der Waals surface area (Å²) in [4.78, 5) is 17.6. The van der Waals surface area contributed by atoms with E-state index in [0.717, 1.165) is 27.6 Å². The summed E-state index contributed by atoms with van der Waals surface area (Å²) in [6.45, 7) is 1.48. The normalized spacial score (nSPS) is 14.2. The second-order valence-electron chi connectivity index (χ2n) is 4.95. The Hall–Kier alpha value is -1.07. The van der Waals surface area contributed by atoms with Crippen LogP contribution in [0.4, 0.5) is 0 Å². The quantitative estimate of drug-likeness (QED) is 0.824. The molecule has 20 heavy (non-hydrogen) atoms. The Bertz CT molecular complexity index is 651. The molecule has 2 aromatic rings. The van der Waals surface area contributed by atoms with Gasteiger partial charge in [-0.2, -0.15) is 0 Å². The van der Waals surface area contributed by atoms with Crippen LogP contribution < -0.4 is 0 Å². The van der Waals surface area contributed by atoms with E-state index in [9.17, 15) is 4.79 Å². The molecule has 0 unspecified atom stereocenters. The average molecular weight is 398 g/mol. The first kappa shape index (κ1) is 13.9. The fourth-order valence-corrected chi connectivity index (χ4v) is 3.47. The Balaban J connectivity index is 1.72. The minimum atomic E-state index is 0.180. The summed E-state index contributed by atoms with van der Waals surface area (Å²) in [5, 5.41) is 0. The van der Waals surface area contributed by atoms with Gasteiger partial charge in [0.2, 0.25) is 5.91 Å². The van der Waals surface area contributed by atoms with E-state index in [1.165, 1.54) is 11.3 Å². The van der Waals surface area contributed by atoms with Crippen molar-refractivity contribution in [1.82, 2.24) is 9.88 Å². The molecule has 1 amide bonds. The van der Waals surface area contributed by atoms with Crippen LogP contribution in [-0.4, -0.2) is 22.3 Å². The van der Waals surface area contributed by atoms with Crippen molar-refractivity contribution < 1.29 is 4.79 Å². The molecule has 0 atom stereocenters. The summed E-state index contributed by atoms with van der Waals surface area (Å²) in [7, 11) is 0. The molecule has 0 saturated heterocycles. The number of aromatic nitrogens is 1. The fourth-order valence-electron chi connectivity index (χ4n) is 2.53. The van der Waals surface area contributed by atoms with Crippen molar-refractivity contribution in [2.45, 2.75) is 19.4 Å². The number of carbonyl (C=O) groups excluding carboxylic acids is 1. The molecule has 0 saturated carbocycles. The second kappa shape index (κ2) is 5.74. The van der Waals surface area contributed by atoms with Crippen molar-refractivity contribution in [3.8, 4) is 0 Å². The van der Waals surface area contributed by atoms with E-state index in [-0.39, 0.29) is 5.91 Å². The molecule has 3 nitrogen and oxygen atoms in total. The Labute approximate surface area is 134 Å². The molecule has 0 aliphatic carbocycles. The molecule has 0 spiro atoms. The van der Waals surface area contributed by atoms with Crippen LogP contribution in [-0.2, 0) is 24.2 Å². The van der Waals surface area contributed by atoms with Gasteiger partial charge < -0.3 is 9.88 Å². The van der Waals surface area contributed by atoms with Gasteiger partial charge in [-0.25, -0.2) is 0 Å². The maximum absolute atomic E-state index is 12.4. The van der Waals surface area contributed by atoms with Gasteiger partial charge in [-0.05, 0) is 39.2 Å². The number of hydrogen-bond donors (Lipinski definition) is 1.